The lowest BCUT2D eigenvalue weighted by Crippen LogP contribution is -2.40. The Kier molecular flexibility index (Phi) is 5.23. The SMILES string of the molecule is Cc1ccc(OC(C)CN2CCC(CO)CC2)cc1. The highest BCUT2D eigenvalue weighted by molar-refractivity contribution is 5.26. The topological polar surface area (TPSA) is 32.7 Å². The molecule has 1 fully saturated rings. The van der Waals surface area contributed by atoms with Crippen molar-refractivity contribution in [2.24, 2.45) is 5.92 Å². The molecule has 3 heteroatoms. The first kappa shape index (κ1) is 14.4. The van der Waals surface area contributed by atoms with Gasteiger partial charge in [-0.15, -0.1) is 0 Å². The third-order valence-corrected chi connectivity index (χ3v) is 3.84. The third-order valence-electron chi connectivity index (χ3n) is 3.84. The van der Waals surface area contributed by atoms with Crippen LogP contribution in [0.5, 0.6) is 5.75 Å². The maximum atomic E-state index is 9.13. The van der Waals surface area contributed by atoms with Crippen LogP contribution in [-0.2, 0) is 0 Å². The average Bonchev–Trinajstić information content (AvgIpc) is 2.42. The molecule has 1 aromatic rings. The number of aliphatic hydroxyl groups is 1. The second kappa shape index (κ2) is 6.92. The first-order chi connectivity index (χ1) is 9.17. The van der Waals surface area contributed by atoms with Gasteiger partial charge in [-0.25, -0.2) is 0 Å². The maximum absolute atomic E-state index is 9.13. The highest BCUT2D eigenvalue weighted by Crippen LogP contribution is 2.18. The lowest BCUT2D eigenvalue weighted by Gasteiger charge is -2.32. The van der Waals surface area contributed by atoms with E-state index in [-0.39, 0.29) is 6.10 Å². The van der Waals surface area contributed by atoms with Crippen molar-refractivity contribution in [2.75, 3.05) is 26.2 Å². The number of ether oxygens (including phenoxy) is 1. The molecule has 19 heavy (non-hydrogen) atoms. The molecule has 1 atom stereocenters. The number of nitrogens with zero attached hydrogens (tertiary/aromatic N) is 1. The Balaban J connectivity index is 1.75. The first-order valence-corrected chi connectivity index (χ1v) is 7.24. The normalized spacial score (nSPS) is 19.3. The number of aryl methyl sites for hydroxylation is 1. The smallest absolute Gasteiger partial charge is 0.119 e. The van der Waals surface area contributed by atoms with Crippen molar-refractivity contribution in [1.29, 1.82) is 0 Å². The van der Waals surface area contributed by atoms with Gasteiger partial charge in [-0.1, -0.05) is 17.7 Å². The second-order valence-electron chi connectivity index (χ2n) is 5.67. The Bertz CT molecular complexity index is 369. The fourth-order valence-electron chi connectivity index (χ4n) is 2.60. The minimum Gasteiger partial charge on any atom is -0.489 e. The van der Waals surface area contributed by atoms with Gasteiger partial charge >= 0.3 is 0 Å². The number of hydrogen-bond donors (Lipinski definition) is 1. The summed E-state index contributed by atoms with van der Waals surface area (Å²) >= 11 is 0. The zero-order valence-electron chi connectivity index (χ0n) is 12.0. The Morgan fingerprint density at radius 2 is 1.89 bits per heavy atom. The van der Waals surface area contributed by atoms with E-state index < -0.39 is 0 Å². The molecule has 1 N–H and O–H groups in total. The zero-order chi connectivity index (χ0) is 13.7. The molecule has 3 nitrogen and oxygen atoms in total. The van der Waals surface area contributed by atoms with Gasteiger partial charge in [0.05, 0.1) is 0 Å². The number of hydrogen-bond acceptors (Lipinski definition) is 3. The van der Waals surface area contributed by atoms with Crippen molar-refractivity contribution in [2.45, 2.75) is 32.8 Å². The number of piperidine rings is 1. The molecule has 1 unspecified atom stereocenters. The van der Waals surface area contributed by atoms with Gasteiger partial charge in [-0.2, -0.15) is 0 Å². The fourth-order valence-corrected chi connectivity index (χ4v) is 2.60. The average molecular weight is 263 g/mol. The van der Waals surface area contributed by atoms with Crippen molar-refractivity contribution >= 4 is 0 Å². The number of rotatable bonds is 5. The highest BCUT2D eigenvalue weighted by Gasteiger charge is 2.20. The van der Waals surface area contributed by atoms with Gasteiger partial charge in [-0.05, 0) is 57.8 Å². The van der Waals surface area contributed by atoms with Gasteiger partial charge in [0, 0.05) is 13.2 Å². The lowest BCUT2D eigenvalue weighted by atomic mass is 9.98. The van der Waals surface area contributed by atoms with Crippen molar-refractivity contribution in [3.63, 3.8) is 0 Å². The molecule has 0 amide bonds. The van der Waals surface area contributed by atoms with Gasteiger partial charge < -0.3 is 9.84 Å². The molecular formula is C16H25NO2. The van der Waals surface area contributed by atoms with E-state index in [0.717, 1.165) is 38.2 Å². The summed E-state index contributed by atoms with van der Waals surface area (Å²) in [5, 5.41) is 9.13. The molecule has 1 aromatic carbocycles. The van der Waals surface area contributed by atoms with E-state index in [0.29, 0.717) is 12.5 Å². The molecule has 1 aliphatic heterocycles. The molecule has 0 saturated carbocycles. The van der Waals surface area contributed by atoms with Crippen LogP contribution in [0.3, 0.4) is 0 Å². The van der Waals surface area contributed by atoms with Gasteiger partial charge in [0.1, 0.15) is 11.9 Å². The van der Waals surface area contributed by atoms with Crippen LogP contribution in [0.1, 0.15) is 25.3 Å². The Morgan fingerprint density at radius 3 is 2.47 bits per heavy atom. The van der Waals surface area contributed by atoms with Crippen LogP contribution in [0.15, 0.2) is 24.3 Å². The van der Waals surface area contributed by atoms with E-state index in [1.54, 1.807) is 0 Å². The summed E-state index contributed by atoms with van der Waals surface area (Å²) in [5.74, 6) is 1.45. The predicted octanol–water partition coefficient (Wildman–Crippen LogP) is 2.47. The van der Waals surface area contributed by atoms with Crippen LogP contribution < -0.4 is 4.74 Å². The van der Waals surface area contributed by atoms with E-state index in [1.807, 2.05) is 12.1 Å². The molecule has 1 saturated heterocycles. The summed E-state index contributed by atoms with van der Waals surface area (Å²) in [5.41, 5.74) is 1.26. The molecule has 0 spiro atoms. The van der Waals surface area contributed by atoms with E-state index in [9.17, 15) is 0 Å². The van der Waals surface area contributed by atoms with E-state index >= 15 is 0 Å². The number of aliphatic hydroxyl groups excluding tert-OH is 1. The van der Waals surface area contributed by atoms with Crippen LogP contribution in [-0.4, -0.2) is 42.4 Å². The Labute approximate surface area is 116 Å². The summed E-state index contributed by atoms with van der Waals surface area (Å²) in [4.78, 5) is 2.44. The van der Waals surface area contributed by atoms with Crippen LogP contribution in [0.4, 0.5) is 0 Å². The molecule has 0 aromatic heterocycles. The molecule has 106 valence electrons. The largest absolute Gasteiger partial charge is 0.489 e. The van der Waals surface area contributed by atoms with Crippen LogP contribution in [0.25, 0.3) is 0 Å². The van der Waals surface area contributed by atoms with Crippen molar-refractivity contribution in [3.05, 3.63) is 29.8 Å². The van der Waals surface area contributed by atoms with Gasteiger partial charge in [0.25, 0.3) is 0 Å². The summed E-state index contributed by atoms with van der Waals surface area (Å²) < 4.78 is 5.93. The van der Waals surface area contributed by atoms with Crippen LogP contribution >= 0.6 is 0 Å². The Hall–Kier alpha value is -1.06. The summed E-state index contributed by atoms with van der Waals surface area (Å²) in [6.07, 6.45) is 2.41. The zero-order valence-corrected chi connectivity index (χ0v) is 12.0. The number of benzene rings is 1. The van der Waals surface area contributed by atoms with E-state index in [1.165, 1.54) is 5.56 Å². The van der Waals surface area contributed by atoms with Gasteiger partial charge in [0.2, 0.25) is 0 Å². The predicted molar refractivity (Wildman–Crippen MR) is 77.5 cm³/mol. The minimum atomic E-state index is 0.202. The summed E-state index contributed by atoms with van der Waals surface area (Å²) in [7, 11) is 0. The molecule has 2 rings (SSSR count). The summed E-state index contributed by atoms with van der Waals surface area (Å²) in [6, 6.07) is 8.22. The van der Waals surface area contributed by atoms with Crippen LogP contribution in [0, 0.1) is 12.8 Å². The first-order valence-electron chi connectivity index (χ1n) is 7.24. The third kappa shape index (κ3) is 4.51. The molecule has 0 aliphatic carbocycles. The van der Waals surface area contributed by atoms with Crippen molar-refractivity contribution < 1.29 is 9.84 Å². The molecule has 1 aliphatic rings. The lowest BCUT2D eigenvalue weighted by molar-refractivity contribution is 0.0942. The number of likely N-dealkylation sites (tertiary alicyclic amines) is 1. The second-order valence-corrected chi connectivity index (χ2v) is 5.67. The maximum Gasteiger partial charge on any atom is 0.119 e. The quantitative estimate of drug-likeness (QED) is 0.886. The van der Waals surface area contributed by atoms with E-state index in [4.69, 9.17) is 9.84 Å². The standard InChI is InChI=1S/C16H25NO2/c1-13-3-5-16(6-4-13)19-14(2)11-17-9-7-15(12-18)8-10-17/h3-6,14-15,18H,7-12H2,1-2H3. The monoisotopic (exact) mass is 263 g/mol. The fraction of sp³-hybridized carbons (Fsp3) is 0.625. The minimum absolute atomic E-state index is 0.202. The van der Waals surface area contributed by atoms with E-state index in [2.05, 4.69) is 30.9 Å². The van der Waals surface area contributed by atoms with Gasteiger partial charge in [-0.3, -0.25) is 4.90 Å². The van der Waals surface area contributed by atoms with Crippen LogP contribution in [0.2, 0.25) is 0 Å². The highest BCUT2D eigenvalue weighted by atomic mass is 16.5. The molecule has 0 bridgehead atoms. The molecule has 0 radical (unpaired) electrons. The Morgan fingerprint density at radius 1 is 1.26 bits per heavy atom. The molecule has 1 heterocycles. The van der Waals surface area contributed by atoms with Crippen molar-refractivity contribution in [3.8, 4) is 5.75 Å². The summed E-state index contributed by atoms with van der Waals surface area (Å²) in [6.45, 7) is 7.66. The molecular weight excluding hydrogens is 238 g/mol. The van der Waals surface area contributed by atoms with Gasteiger partial charge in [0.15, 0.2) is 0 Å². The van der Waals surface area contributed by atoms with Crippen molar-refractivity contribution in [1.82, 2.24) is 4.90 Å².